The number of rotatable bonds is 5. The number of nitrogens with zero attached hydrogens (tertiary/aromatic N) is 1. The summed E-state index contributed by atoms with van der Waals surface area (Å²) in [5, 5.41) is 0. The van der Waals surface area contributed by atoms with Gasteiger partial charge in [-0.05, 0) is 40.9 Å². The van der Waals surface area contributed by atoms with Crippen LogP contribution in [0.25, 0.3) is 0 Å². The summed E-state index contributed by atoms with van der Waals surface area (Å²) in [6, 6.07) is 1.67. The van der Waals surface area contributed by atoms with Gasteiger partial charge in [0.05, 0.1) is 5.75 Å². The molecule has 1 aromatic heterocycles. The van der Waals surface area contributed by atoms with E-state index >= 15 is 0 Å². The largest absolute Gasteiger partial charge is 0.267 e. The van der Waals surface area contributed by atoms with Gasteiger partial charge in [-0.25, -0.2) is 13.4 Å². The van der Waals surface area contributed by atoms with Crippen molar-refractivity contribution in [1.82, 2.24) is 4.98 Å². The van der Waals surface area contributed by atoms with Crippen LogP contribution in [-0.4, -0.2) is 25.0 Å². The highest BCUT2D eigenvalue weighted by Crippen LogP contribution is 2.17. The fourth-order valence-electron chi connectivity index (χ4n) is 1.05. The van der Waals surface area contributed by atoms with Crippen LogP contribution in [0.5, 0.6) is 0 Å². The van der Waals surface area contributed by atoms with E-state index in [2.05, 4.69) is 25.6 Å². The van der Waals surface area contributed by atoms with Crippen molar-refractivity contribution in [2.24, 2.45) is 0 Å². The van der Waals surface area contributed by atoms with Gasteiger partial charge < -0.3 is 0 Å². The quantitative estimate of drug-likeness (QED) is 0.845. The van der Waals surface area contributed by atoms with Crippen LogP contribution >= 0.6 is 27.5 Å². The zero-order valence-corrected chi connectivity index (χ0v) is 11.9. The maximum Gasteiger partial charge on any atom is 0.233 e. The molecule has 1 N–H and O–H groups in total. The fourth-order valence-corrected chi connectivity index (χ4v) is 2.62. The summed E-state index contributed by atoms with van der Waals surface area (Å²) in [6.45, 7) is 1.86. The molecule has 4 nitrogen and oxygen atoms in total. The summed E-state index contributed by atoms with van der Waals surface area (Å²) in [5.41, 5.74) is 0.921. The van der Waals surface area contributed by atoms with Crippen molar-refractivity contribution in [3.05, 3.63) is 22.3 Å². The molecule has 0 spiro atoms. The van der Waals surface area contributed by atoms with Gasteiger partial charge in [0, 0.05) is 16.5 Å². The molecule has 90 valence electrons. The number of sulfonamides is 1. The molecule has 0 saturated heterocycles. The SMILES string of the molecule is Cc1cc(NS(=O)(=O)CCCCl)ncc1Br. The summed E-state index contributed by atoms with van der Waals surface area (Å²) in [5.74, 6) is 0.663. The second kappa shape index (κ2) is 5.84. The molecule has 1 aromatic rings. The average molecular weight is 328 g/mol. The number of nitrogens with one attached hydrogen (secondary N) is 1. The topological polar surface area (TPSA) is 59.1 Å². The Morgan fingerprint density at radius 3 is 2.81 bits per heavy atom. The van der Waals surface area contributed by atoms with Gasteiger partial charge in [-0.3, -0.25) is 4.72 Å². The van der Waals surface area contributed by atoms with Crippen molar-refractivity contribution >= 4 is 43.4 Å². The van der Waals surface area contributed by atoms with Crippen molar-refractivity contribution in [3.8, 4) is 0 Å². The third kappa shape index (κ3) is 4.27. The first-order valence-corrected chi connectivity index (χ1v) is 7.61. The minimum Gasteiger partial charge on any atom is -0.267 e. The number of hydrogen-bond acceptors (Lipinski definition) is 3. The predicted octanol–water partition coefficient (Wildman–Crippen LogP) is 2.52. The normalized spacial score (nSPS) is 11.4. The van der Waals surface area contributed by atoms with Gasteiger partial charge in [0.2, 0.25) is 10.0 Å². The molecular formula is C9H12BrClN2O2S. The van der Waals surface area contributed by atoms with E-state index < -0.39 is 10.0 Å². The van der Waals surface area contributed by atoms with E-state index in [0.29, 0.717) is 18.1 Å². The molecule has 0 unspecified atom stereocenters. The Morgan fingerprint density at radius 1 is 1.56 bits per heavy atom. The van der Waals surface area contributed by atoms with Crippen molar-refractivity contribution in [1.29, 1.82) is 0 Å². The van der Waals surface area contributed by atoms with Crippen LogP contribution in [0.1, 0.15) is 12.0 Å². The Bertz CT molecular complexity index is 465. The highest BCUT2D eigenvalue weighted by Gasteiger charge is 2.10. The summed E-state index contributed by atoms with van der Waals surface area (Å²) in [7, 11) is -3.34. The lowest BCUT2D eigenvalue weighted by Crippen LogP contribution is -2.17. The smallest absolute Gasteiger partial charge is 0.233 e. The number of aromatic nitrogens is 1. The lowest BCUT2D eigenvalue weighted by atomic mass is 10.3. The van der Waals surface area contributed by atoms with Crippen LogP contribution in [-0.2, 0) is 10.0 Å². The molecule has 7 heteroatoms. The molecule has 0 aliphatic rings. The molecule has 1 heterocycles. The third-order valence-electron chi connectivity index (χ3n) is 1.85. The Kier molecular flexibility index (Phi) is 5.01. The monoisotopic (exact) mass is 326 g/mol. The lowest BCUT2D eigenvalue weighted by Gasteiger charge is -2.07. The molecule has 0 bridgehead atoms. The van der Waals surface area contributed by atoms with Crippen molar-refractivity contribution in [2.75, 3.05) is 16.4 Å². The number of alkyl halides is 1. The van der Waals surface area contributed by atoms with Crippen LogP contribution in [0.3, 0.4) is 0 Å². The molecule has 16 heavy (non-hydrogen) atoms. The van der Waals surface area contributed by atoms with E-state index in [4.69, 9.17) is 11.6 Å². The van der Waals surface area contributed by atoms with Gasteiger partial charge >= 0.3 is 0 Å². The van der Waals surface area contributed by atoms with Gasteiger partial charge in [-0.2, -0.15) is 0 Å². The third-order valence-corrected chi connectivity index (χ3v) is 4.30. The molecule has 0 aromatic carbocycles. The highest BCUT2D eigenvalue weighted by molar-refractivity contribution is 9.10. The van der Waals surface area contributed by atoms with Gasteiger partial charge in [-0.15, -0.1) is 11.6 Å². The molecule has 0 atom stereocenters. The number of halogens is 2. The second-order valence-electron chi connectivity index (χ2n) is 3.28. The first-order valence-electron chi connectivity index (χ1n) is 4.63. The van der Waals surface area contributed by atoms with E-state index in [1.54, 1.807) is 12.3 Å². The van der Waals surface area contributed by atoms with Crippen molar-refractivity contribution in [2.45, 2.75) is 13.3 Å². The number of hydrogen-bond donors (Lipinski definition) is 1. The van der Waals surface area contributed by atoms with Crippen LogP contribution in [0.4, 0.5) is 5.82 Å². The predicted molar refractivity (Wildman–Crippen MR) is 69.4 cm³/mol. The molecule has 0 aliphatic heterocycles. The van der Waals surface area contributed by atoms with E-state index in [9.17, 15) is 8.42 Å². The van der Waals surface area contributed by atoms with Crippen LogP contribution in [0.15, 0.2) is 16.7 Å². The Hall–Kier alpha value is -0.330. The maximum absolute atomic E-state index is 11.5. The zero-order chi connectivity index (χ0) is 12.2. The number of anilines is 1. The Balaban J connectivity index is 2.76. The first kappa shape index (κ1) is 13.7. The van der Waals surface area contributed by atoms with Crippen molar-refractivity contribution < 1.29 is 8.42 Å². The fraction of sp³-hybridized carbons (Fsp3) is 0.444. The standard InChI is InChI=1S/C9H12BrClN2O2S/c1-7-5-9(12-6-8(7)10)13-16(14,15)4-2-3-11/h5-6H,2-4H2,1H3,(H,12,13). The van der Waals surface area contributed by atoms with E-state index in [1.165, 1.54) is 0 Å². The zero-order valence-electron chi connectivity index (χ0n) is 8.70. The molecule has 0 saturated carbocycles. The molecule has 0 radical (unpaired) electrons. The minimum atomic E-state index is -3.34. The van der Waals surface area contributed by atoms with Crippen LogP contribution < -0.4 is 4.72 Å². The van der Waals surface area contributed by atoms with E-state index in [0.717, 1.165) is 10.0 Å². The average Bonchev–Trinajstić information content (AvgIpc) is 2.20. The minimum absolute atomic E-state index is 0.00723. The summed E-state index contributed by atoms with van der Waals surface area (Å²) >= 11 is 8.74. The van der Waals surface area contributed by atoms with Crippen molar-refractivity contribution in [3.63, 3.8) is 0 Å². The lowest BCUT2D eigenvalue weighted by molar-refractivity contribution is 0.600. The molecule has 0 aliphatic carbocycles. The summed E-state index contributed by atoms with van der Waals surface area (Å²) < 4.78 is 26.3. The van der Waals surface area contributed by atoms with Gasteiger partial charge in [0.25, 0.3) is 0 Å². The van der Waals surface area contributed by atoms with Gasteiger partial charge in [0.15, 0.2) is 0 Å². The maximum atomic E-state index is 11.5. The van der Waals surface area contributed by atoms with Crippen LogP contribution in [0.2, 0.25) is 0 Å². The second-order valence-corrected chi connectivity index (χ2v) is 6.36. The molecule has 1 rings (SSSR count). The number of aryl methyl sites for hydroxylation is 1. The van der Waals surface area contributed by atoms with E-state index in [-0.39, 0.29) is 5.75 Å². The molecule has 0 amide bonds. The molecule has 0 fully saturated rings. The Labute approximate surface area is 109 Å². The van der Waals surface area contributed by atoms with E-state index in [1.807, 2.05) is 6.92 Å². The summed E-state index contributed by atoms with van der Waals surface area (Å²) in [4.78, 5) is 3.96. The van der Waals surface area contributed by atoms with Crippen LogP contribution in [0, 0.1) is 6.92 Å². The number of pyridine rings is 1. The Morgan fingerprint density at radius 2 is 2.25 bits per heavy atom. The molecular weight excluding hydrogens is 316 g/mol. The first-order chi connectivity index (χ1) is 7.44. The highest BCUT2D eigenvalue weighted by atomic mass is 79.9. The summed E-state index contributed by atoms with van der Waals surface area (Å²) in [6.07, 6.45) is 1.99. The van der Waals surface area contributed by atoms with Gasteiger partial charge in [0.1, 0.15) is 5.82 Å². The van der Waals surface area contributed by atoms with Gasteiger partial charge in [-0.1, -0.05) is 0 Å².